The van der Waals surface area contributed by atoms with Crippen LogP contribution in [0.25, 0.3) is 0 Å². The van der Waals surface area contributed by atoms with Crippen LogP contribution < -0.4 is 0 Å². The van der Waals surface area contributed by atoms with E-state index >= 15 is 0 Å². The molecule has 3 heteroatoms. The lowest BCUT2D eigenvalue weighted by Crippen LogP contribution is -2.46. The molecule has 17 heavy (non-hydrogen) atoms. The lowest BCUT2D eigenvalue weighted by molar-refractivity contribution is 0.142. The van der Waals surface area contributed by atoms with Crippen LogP contribution in [0.3, 0.4) is 0 Å². The first-order valence-electron chi connectivity index (χ1n) is 7.18. The summed E-state index contributed by atoms with van der Waals surface area (Å²) in [5.74, 6) is 0. The van der Waals surface area contributed by atoms with Crippen molar-refractivity contribution < 1.29 is 0 Å². The highest BCUT2D eigenvalue weighted by Crippen LogP contribution is 2.07. The minimum atomic E-state index is 0.602. The molecule has 0 radical (unpaired) electrons. The summed E-state index contributed by atoms with van der Waals surface area (Å²) in [6.07, 6.45) is 8.28. The predicted octanol–water partition coefficient (Wildman–Crippen LogP) is 2.49. The Bertz CT molecular complexity index is 214. The van der Waals surface area contributed by atoms with Crippen LogP contribution >= 0.6 is 0 Å². The van der Waals surface area contributed by atoms with E-state index in [-0.39, 0.29) is 0 Å². The largest absolute Gasteiger partial charge is 0.301 e. The fourth-order valence-corrected chi connectivity index (χ4v) is 2.39. The second-order valence-electron chi connectivity index (χ2n) is 5.04. The van der Waals surface area contributed by atoms with Crippen molar-refractivity contribution >= 4 is 0 Å². The number of nitrogens with zero attached hydrogens (tertiary/aromatic N) is 3. The fraction of sp³-hybridized carbons (Fsp3) is 0.929. The van der Waals surface area contributed by atoms with Gasteiger partial charge < -0.3 is 4.90 Å². The van der Waals surface area contributed by atoms with Gasteiger partial charge in [-0.05, 0) is 13.0 Å². The number of hydrogen-bond acceptors (Lipinski definition) is 3. The van der Waals surface area contributed by atoms with Crippen LogP contribution in [0.5, 0.6) is 0 Å². The van der Waals surface area contributed by atoms with Gasteiger partial charge in [-0.3, -0.25) is 4.90 Å². The standard InChI is InChI=1S/C14H27N3/c1-2-3-4-5-6-7-9-16-11-13-17(10-8-15)14-12-16/h2-7,9-14H2,1H3. The van der Waals surface area contributed by atoms with Gasteiger partial charge in [0.2, 0.25) is 0 Å². The zero-order chi connectivity index (χ0) is 12.3. The van der Waals surface area contributed by atoms with Gasteiger partial charge in [-0.1, -0.05) is 39.0 Å². The van der Waals surface area contributed by atoms with E-state index in [0.717, 1.165) is 26.2 Å². The second-order valence-corrected chi connectivity index (χ2v) is 5.04. The Balaban J connectivity index is 1.94. The van der Waals surface area contributed by atoms with Gasteiger partial charge in [0.1, 0.15) is 0 Å². The van der Waals surface area contributed by atoms with Crippen LogP contribution in [0.15, 0.2) is 0 Å². The summed E-state index contributed by atoms with van der Waals surface area (Å²) in [6, 6.07) is 2.23. The van der Waals surface area contributed by atoms with Gasteiger partial charge >= 0.3 is 0 Å². The maximum absolute atomic E-state index is 8.62. The summed E-state index contributed by atoms with van der Waals surface area (Å²) in [4.78, 5) is 4.80. The molecule has 1 aliphatic heterocycles. The Morgan fingerprint density at radius 3 is 2.12 bits per heavy atom. The van der Waals surface area contributed by atoms with E-state index in [9.17, 15) is 0 Å². The van der Waals surface area contributed by atoms with Crippen molar-refractivity contribution in [2.24, 2.45) is 0 Å². The molecule has 0 aromatic rings. The van der Waals surface area contributed by atoms with Crippen LogP contribution in [-0.4, -0.2) is 49.1 Å². The minimum absolute atomic E-state index is 0.602. The summed E-state index contributed by atoms with van der Waals surface area (Å²) < 4.78 is 0. The molecule has 0 aromatic carbocycles. The van der Waals surface area contributed by atoms with E-state index in [1.165, 1.54) is 45.1 Å². The van der Waals surface area contributed by atoms with Crippen LogP contribution in [0.4, 0.5) is 0 Å². The minimum Gasteiger partial charge on any atom is -0.301 e. The number of unbranched alkanes of at least 4 members (excludes halogenated alkanes) is 5. The third-order valence-electron chi connectivity index (χ3n) is 3.59. The zero-order valence-corrected chi connectivity index (χ0v) is 11.3. The van der Waals surface area contributed by atoms with Gasteiger partial charge in [-0.2, -0.15) is 5.26 Å². The second kappa shape index (κ2) is 9.44. The van der Waals surface area contributed by atoms with E-state index in [1.807, 2.05) is 0 Å². The van der Waals surface area contributed by atoms with Gasteiger partial charge in [-0.25, -0.2) is 0 Å². The molecule has 0 aromatic heterocycles. The van der Waals surface area contributed by atoms with Crippen molar-refractivity contribution in [2.45, 2.75) is 45.4 Å². The molecule has 1 fully saturated rings. The third kappa shape index (κ3) is 6.65. The average Bonchev–Trinajstić information content (AvgIpc) is 2.36. The molecule has 1 aliphatic rings. The predicted molar refractivity (Wildman–Crippen MR) is 71.9 cm³/mol. The first-order chi connectivity index (χ1) is 8.36. The maximum Gasteiger partial charge on any atom is 0.0866 e. The van der Waals surface area contributed by atoms with Crippen LogP contribution in [0.1, 0.15) is 45.4 Å². The van der Waals surface area contributed by atoms with E-state index in [2.05, 4.69) is 22.8 Å². The van der Waals surface area contributed by atoms with E-state index in [0.29, 0.717) is 6.54 Å². The summed E-state index contributed by atoms with van der Waals surface area (Å²) in [5.41, 5.74) is 0. The SMILES string of the molecule is CCCCCCCCN1CCN(CC#N)CC1. The lowest BCUT2D eigenvalue weighted by atomic mass is 10.1. The van der Waals surface area contributed by atoms with Gasteiger partial charge in [-0.15, -0.1) is 0 Å². The van der Waals surface area contributed by atoms with Crippen molar-refractivity contribution in [1.29, 1.82) is 5.26 Å². The maximum atomic E-state index is 8.62. The normalized spacial score (nSPS) is 18.1. The number of rotatable bonds is 8. The highest BCUT2D eigenvalue weighted by atomic mass is 15.3. The van der Waals surface area contributed by atoms with Crippen molar-refractivity contribution in [3.63, 3.8) is 0 Å². The van der Waals surface area contributed by atoms with Crippen molar-refractivity contribution in [3.05, 3.63) is 0 Å². The van der Waals surface area contributed by atoms with Crippen LogP contribution in [0, 0.1) is 11.3 Å². The quantitative estimate of drug-likeness (QED) is 0.480. The Labute approximate surface area is 106 Å². The van der Waals surface area contributed by atoms with Crippen LogP contribution in [0.2, 0.25) is 0 Å². The zero-order valence-electron chi connectivity index (χ0n) is 11.3. The highest BCUT2D eigenvalue weighted by molar-refractivity contribution is 4.80. The van der Waals surface area contributed by atoms with E-state index in [4.69, 9.17) is 5.26 Å². The van der Waals surface area contributed by atoms with E-state index in [1.54, 1.807) is 0 Å². The summed E-state index contributed by atoms with van der Waals surface area (Å²) in [6.45, 7) is 8.57. The summed E-state index contributed by atoms with van der Waals surface area (Å²) in [5, 5.41) is 8.62. The number of hydrogen-bond donors (Lipinski definition) is 0. The van der Waals surface area contributed by atoms with Crippen molar-refractivity contribution in [2.75, 3.05) is 39.3 Å². The molecule has 0 unspecified atom stereocenters. The molecule has 0 aliphatic carbocycles. The van der Waals surface area contributed by atoms with Gasteiger partial charge in [0.15, 0.2) is 0 Å². The monoisotopic (exact) mass is 237 g/mol. The number of nitriles is 1. The molecular formula is C14H27N3. The molecule has 0 amide bonds. The molecule has 0 atom stereocenters. The first kappa shape index (κ1) is 14.5. The fourth-order valence-electron chi connectivity index (χ4n) is 2.39. The van der Waals surface area contributed by atoms with Crippen molar-refractivity contribution in [3.8, 4) is 6.07 Å². The molecule has 3 nitrogen and oxygen atoms in total. The molecular weight excluding hydrogens is 210 g/mol. The topological polar surface area (TPSA) is 30.3 Å². The molecule has 0 spiro atoms. The van der Waals surface area contributed by atoms with Gasteiger partial charge in [0, 0.05) is 26.2 Å². The molecule has 0 saturated carbocycles. The van der Waals surface area contributed by atoms with Crippen LogP contribution in [-0.2, 0) is 0 Å². The lowest BCUT2D eigenvalue weighted by Gasteiger charge is -2.33. The summed E-state index contributed by atoms with van der Waals surface area (Å²) in [7, 11) is 0. The molecule has 0 N–H and O–H groups in total. The highest BCUT2D eigenvalue weighted by Gasteiger charge is 2.15. The Morgan fingerprint density at radius 2 is 1.47 bits per heavy atom. The Morgan fingerprint density at radius 1 is 0.882 bits per heavy atom. The first-order valence-corrected chi connectivity index (χ1v) is 7.18. The van der Waals surface area contributed by atoms with Gasteiger partial charge in [0.25, 0.3) is 0 Å². The van der Waals surface area contributed by atoms with E-state index < -0.39 is 0 Å². The molecule has 98 valence electrons. The van der Waals surface area contributed by atoms with Crippen molar-refractivity contribution in [1.82, 2.24) is 9.80 Å². The average molecular weight is 237 g/mol. The smallest absolute Gasteiger partial charge is 0.0866 e. The molecule has 1 rings (SSSR count). The summed E-state index contributed by atoms with van der Waals surface area (Å²) >= 11 is 0. The Kier molecular flexibility index (Phi) is 8.04. The third-order valence-corrected chi connectivity index (χ3v) is 3.59. The molecule has 1 saturated heterocycles. The Hall–Kier alpha value is -0.590. The molecule has 0 bridgehead atoms. The number of piperazine rings is 1. The van der Waals surface area contributed by atoms with Gasteiger partial charge in [0.05, 0.1) is 12.6 Å². The molecule has 1 heterocycles.